The van der Waals surface area contributed by atoms with Crippen molar-refractivity contribution in [2.24, 2.45) is 0 Å². The van der Waals surface area contributed by atoms with E-state index in [1.165, 1.54) is 12.3 Å². The minimum Gasteiger partial charge on any atom is -0.345 e. The van der Waals surface area contributed by atoms with Crippen molar-refractivity contribution in [3.63, 3.8) is 0 Å². The van der Waals surface area contributed by atoms with Gasteiger partial charge in [0.05, 0.1) is 9.95 Å². The first kappa shape index (κ1) is 15.0. The van der Waals surface area contributed by atoms with Gasteiger partial charge < -0.3 is 10.2 Å². The smallest absolute Gasteiger partial charge is 0.313 e. The molecule has 1 aromatic heterocycles. The zero-order chi connectivity index (χ0) is 14.7. The van der Waals surface area contributed by atoms with Gasteiger partial charge in [-0.05, 0) is 12.8 Å². The standard InChI is InChI=1S/C13H19ClN4O2/c1-3-10-8-17(11(4-2)7-15-10)13-12(18(19)20)5-9(14)6-16-13/h5-6,10-11,15H,3-4,7-8H2,1-2H3. The highest BCUT2D eigenvalue weighted by Crippen LogP contribution is 2.31. The molecule has 0 bridgehead atoms. The van der Waals surface area contributed by atoms with Crippen molar-refractivity contribution in [2.45, 2.75) is 38.8 Å². The fourth-order valence-electron chi connectivity index (χ4n) is 2.54. The molecule has 1 N–H and O–H groups in total. The maximum absolute atomic E-state index is 11.2. The van der Waals surface area contributed by atoms with E-state index in [4.69, 9.17) is 11.6 Å². The van der Waals surface area contributed by atoms with E-state index in [2.05, 4.69) is 24.1 Å². The number of piperazine rings is 1. The number of nitrogens with one attached hydrogen (secondary N) is 1. The predicted octanol–water partition coefficient (Wildman–Crippen LogP) is 2.61. The summed E-state index contributed by atoms with van der Waals surface area (Å²) < 4.78 is 0. The maximum atomic E-state index is 11.2. The van der Waals surface area contributed by atoms with Crippen molar-refractivity contribution in [3.05, 3.63) is 27.4 Å². The number of hydrogen-bond donors (Lipinski definition) is 1. The Morgan fingerprint density at radius 2 is 2.30 bits per heavy atom. The van der Waals surface area contributed by atoms with Crippen molar-refractivity contribution in [3.8, 4) is 0 Å². The molecule has 0 spiro atoms. The van der Waals surface area contributed by atoms with Gasteiger partial charge in [-0.3, -0.25) is 10.1 Å². The van der Waals surface area contributed by atoms with Crippen LogP contribution >= 0.6 is 11.6 Å². The lowest BCUT2D eigenvalue weighted by molar-refractivity contribution is -0.384. The summed E-state index contributed by atoms with van der Waals surface area (Å²) >= 11 is 5.83. The van der Waals surface area contributed by atoms with Gasteiger partial charge >= 0.3 is 5.69 Å². The van der Waals surface area contributed by atoms with E-state index < -0.39 is 4.92 Å². The van der Waals surface area contributed by atoms with Gasteiger partial charge in [-0.1, -0.05) is 25.4 Å². The minimum atomic E-state index is -0.413. The lowest BCUT2D eigenvalue weighted by Crippen LogP contribution is -2.56. The van der Waals surface area contributed by atoms with Crippen molar-refractivity contribution >= 4 is 23.1 Å². The number of nitrogens with zero attached hydrogens (tertiary/aromatic N) is 3. The van der Waals surface area contributed by atoms with Crippen LogP contribution in [-0.2, 0) is 0 Å². The molecule has 7 heteroatoms. The van der Waals surface area contributed by atoms with Crippen molar-refractivity contribution in [2.75, 3.05) is 18.0 Å². The van der Waals surface area contributed by atoms with Crippen LogP contribution in [0.15, 0.2) is 12.3 Å². The first-order chi connectivity index (χ1) is 9.56. The summed E-state index contributed by atoms with van der Waals surface area (Å²) in [7, 11) is 0. The minimum absolute atomic E-state index is 0.0206. The third-order valence-electron chi connectivity index (χ3n) is 3.75. The van der Waals surface area contributed by atoms with E-state index >= 15 is 0 Å². The zero-order valence-corrected chi connectivity index (χ0v) is 12.4. The number of aromatic nitrogens is 1. The molecule has 20 heavy (non-hydrogen) atoms. The fraction of sp³-hybridized carbons (Fsp3) is 0.615. The molecule has 0 radical (unpaired) electrons. The van der Waals surface area contributed by atoms with E-state index in [1.807, 2.05) is 4.90 Å². The summed E-state index contributed by atoms with van der Waals surface area (Å²) in [5.74, 6) is 0.422. The molecule has 1 aliphatic heterocycles. The Bertz CT molecular complexity index is 497. The number of anilines is 1. The van der Waals surface area contributed by atoms with Crippen molar-refractivity contribution in [1.29, 1.82) is 0 Å². The van der Waals surface area contributed by atoms with Crippen LogP contribution < -0.4 is 10.2 Å². The second kappa shape index (κ2) is 6.37. The van der Waals surface area contributed by atoms with Crippen LogP contribution in [0.2, 0.25) is 5.02 Å². The Labute approximate surface area is 123 Å². The van der Waals surface area contributed by atoms with Gasteiger partial charge in [-0.25, -0.2) is 4.98 Å². The van der Waals surface area contributed by atoms with Crippen LogP contribution in [-0.4, -0.2) is 35.1 Å². The summed E-state index contributed by atoms with van der Waals surface area (Å²) in [4.78, 5) is 17.1. The molecule has 2 heterocycles. The number of halogens is 1. The highest BCUT2D eigenvalue weighted by Gasteiger charge is 2.31. The normalized spacial score (nSPS) is 22.9. The molecule has 0 aromatic carbocycles. The first-order valence-corrected chi connectivity index (χ1v) is 7.24. The lowest BCUT2D eigenvalue weighted by Gasteiger charge is -2.40. The molecule has 0 saturated carbocycles. The number of nitro groups is 1. The maximum Gasteiger partial charge on any atom is 0.313 e. The first-order valence-electron chi connectivity index (χ1n) is 6.86. The third kappa shape index (κ3) is 3.02. The second-order valence-electron chi connectivity index (χ2n) is 4.98. The van der Waals surface area contributed by atoms with Crippen LogP contribution in [0.3, 0.4) is 0 Å². The van der Waals surface area contributed by atoms with E-state index in [0.29, 0.717) is 11.9 Å². The summed E-state index contributed by atoms with van der Waals surface area (Å²) in [5, 5.41) is 15.0. The predicted molar refractivity (Wildman–Crippen MR) is 79.4 cm³/mol. The number of rotatable bonds is 4. The van der Waals surface area contributed by atoms with Crippen LogP contribution in [0.25, 0.3) is 0 Å². The van der Waals surface area contributed by atoms with E-state index in [1.54, 1.807) is 0 Å². The largest absolute Gasteiger partial charge is 0.345 e. The molecule has 2 atom stereocenters. The molecule has 1 aromatic rings. The number of hydrogen-bond acceptors (Lipinski definition) is 5. The monoisotopic (exact) mass is 298 g/mol. The molecular formula is C13H19ClN4O2. The SMILES string of the molecule is CCC1CN(c2ncc(Cl)cc2[N+](=O)[O-])C(CC)CN1. The van der Waals surface area contributed by atoms with E-state index in [0.717, 1.165) is 25.9 Å². The summed E-state index contributed by atoms with van der Waals surface area (Å²) in [6, 6.07) is 1.92. The van der Waals surface area contributed by atoms with Gasteiger partial charge in [0.1, 0.15) is 0 Å². The molecule has 0 amide bonds. The highest BCUT2D eigenvalue weighted by molar-refractivity contribution is 6.30. The summed E-state index contributed by atoms with van der Waals surface area (Å²) in [6.07, 6.45) is 3.36. The number of pyridine rings is 1. The Kier molecular flexibility index (Phi) is 4.77. The fourth-order valence-corrected chi connectivity index (χ4v) is 2.69. The summed E-state index contributed by atoms with van der Waals surface area (Å²) in [5.41, 5.74) is -0.0206. The van der Waals surface area contributed by atoms with Gasteiger partial charge in [0, 0.05) is 37.4 Å². The molecule has 0 aliphatic carbocycles. The molecular weight excluding hydrogens is 280 g/mol. The molecule has 2 unspecified atom stereocenters. The van der Waals surface area contributed by atoms with Crippen LogP contribution in [0, 0.1) is 10.1 Å². The lowest BCUT2D eigenvalue weighted by atomic mass is 10.0. The van der Waals surface area contributed by atoms with Gasteiger partial charge in [0.25, 0.3) is 0 Å². The highest BCUT2D eigenvalue weighted by atomic mass is 35.5. The van der Waals surface area contributed by atoms with Crippen molar-refractivity contribution in [1.82, 2.24) is 10.3 Å². The molecule has 6 nitrogen and oxygen atoms in total. The van der Waals surface area contributed by atoms with Gasteiger partial charge in [0.15, 0.2) is 0 Å². The molecule has 2 rings (SSSR count). The average Bonchev–Trinajstić information content (AvgIpc) is 2.46. The zero-order valence-electron chi connectivity index (χ0n) is 11.7. The average molecular weight is 299 g/mol. The van der Waals surface area contributed by atoms with Crippen molar-refractivity contribution < 1.29 is 4.92 Å². The Morgan fingerprint density at radius 3 is 2.90 bits per heavy atom. The van der Waals surface area contributed by atoms with Crippen LogP contribution in [0.1, 0.15) is 26.7 Å². The van der Waals surface area contributed by atoms with Gasteiger partial charge in [-0.15, -0.1) is 0 Å². The molecule has 1 aliphatic rings. The Balaban J connectivity index is 2.38. The Morgan fingerprint density at radius 1 is 1.55 bits per heavy atom. The second-order valence-corrected chi connectivity index (χ2v) is 5.42. The molecule has 110 valence electrons. The molecule has 1 saturated heterocycles. The quantitative estimate of drug-likeness (QED) is 0.683. The third-order valence-corrected chi connectivity index (χ3v) is 3.95. The van der Waals surface area contributed by atoms with Crippen LogP contribution in [0.5, 0.6) is 0 Å². The van der Waals surface area contributed by atoms with Gasteiger partial charge in [0.2, 0.25) is 5.82 Å². The van der Waals surface area contributed by atoms with Gasteiger partial charge in [-0.2, -0.15) is 0 Å². The van der Waals surface area contributed by atoms with E-state index in [-0.39, 0.29) is 16.8 Å². The summed E-state index contributed by atoms with van der Waals surface area (Å²) in [6.45, 7) is 5.72. The molecule has 1 fully saturated rings. The topological polar surface area (TPSA) is 71.3 Å². The van der Waals surface area contributed by atoms with E-state index in [9.17, 15) is 10.1 Å². The Hall–Kier alpha value is -1.40. The van der Waals surface area contributed by atoms with Crippen LogP contribution in [0.4, 0.5) is 11.5 Å².